The van der Waals surface area contributed by atoms with Gasteiger partial charge in [0.2, 0.25) is 0 Å². The maximum atomic E-state index is 12.4. The Morgan fingerprint density at radius 3 is 2.88 bits per heavy atom. The third kappa shape index (κ3) is 1.91. The fraction of sp³-hybridized carbons (Fsp3) is 0.533. The van der Waals surface area contributed by atoms with Crippen molar-refractivity contribution in [1.29, 1.82) is 0 Å². The quantitative estimate of drug-likeness (QED) is 0.730. The van der Waals surface area contributed by atoms with Crippen molar-refractivity contribution in [3.63, 3.8) is 0 Å². The minimum Gasteiger partial charge on any atom is -0.378 e. The van der Waals surface area contributed by atoms with E-state index in [2.05, 4.69) is 12.1 Å². The van der Waals surface area contributed by atoms with E-state index in [0.29, 0.717) is 0 Å². The Morgan fingerprint density at radius 2 is 2.12 bits per heavy atom. The first-order chi connectivity index (χ1) is 8.25. The summed E-state index contributed by atoms with van der Waals surface area (Å²) >= 11 is 0. The van der Waals surface area contributed by atoms with Crippen molar-refractivity contribution in [2.24, 2.45) is 5.92 Å². The average molecular weight is 230 g/mol. The number of aryl methyl sites for hydroxylation is 2. The number of hydrogen-bond acceptors (Lipinski definition) is 2. The highest BCUT2D eigenvalue weighted by molar-refractivity contribution is 5.98. The minimum absolute atomic E-state index is 0.0643. The zero-order valence-electron chi connectivity index (χ0n) is 10.2. The summed E-state index contributed by atoms with van der Waals surface area (Å²) in [6.45, 7) is 2.73. The van der Waals surface area contributed by atoms with Crippen LogP contribution >= 0.6 is 0 Å². The number of carbonyl (C=O) groups excluding carboxylic acids is 1. The second-order valence-corrected chi connectivity index (χ2v) is 5.17. The summed E-state index contributed by atoms with van der Waals surface area (Å²) in [4.78, 5) is 12.4. The minimum atomic E-state index is 0.0643. The molecular weight excluding hydrogens is 212 g/mol. The predicted molar refractivity (Wildman–Crippen MR) is 66.3 cm³/mol. The van der Waals surface area contributed by atoms with E-state index in [1.807, 2.05) is 13.0 Å². The van der Waals surface area contributed by atoms with Crippen LogP contribution < -0.4 is 0 Å². The van der Waals surface area contributed by atoms with Gasteiger partial charge in [-0.1, -0.05) is 12.1 Å². The highest BCUT2D eigenvalue weighted by Gasteiger charge is 2.31. The number of benzene rings is 1. The Labute approximate surface area is 102 Å². The molecule has 0 bridgehead atoms. The summed E-state index contributed by atoms with van der Waals surface area (Å²) in [5.74, 6) is 0.333. The molecule has 2 heteroatoms. The summed E-state index contributed by atoms with van der Waals surface area (Å²) in [5.41, 5.74) is 3.69. The predicted octanol–water partition coefficient (Wildman–Crippen LogP) is 2.78. The summed E-state index contributed by atoms with van der Waals surface area (Å²) in [5, 5.41) is 0. The zero-order chi connectivity index (χ0) is 11.8. The molecular formula is C15H18O2. The van der Waals surface area contributed by atoms with E-state index >= 15 is 0 Å². The van der Waals surface area contributed by atoms with Crippen LogP contribution in [0.3, 0.4) is 0 Å². The monoisotopic (exact) mass is 230 g/mol. The van der Waals surface area contributed by atoms with E-state index in [9.17, 15) is 4.79 Å². The first kappa shape index (κ1) is 11.0. The van der Waals surface area contributed by atoms with Crippen LogP contribution in [0.15, 0.2) is 18.2 Å². The lowest BCUT2D eigenvalue weighted by atomic mass is 9.91. The fourth-order valence-corrected chi connectivity index (χ4v) is 3.02. The molecule has 3 rings (SSSR count). The van der Waals surface area contributed by atoms with Crippen molar-refractivity contribution in [3.05, 3.63) is 34.9 Å². The number of Topliss-reactive ketones (excluding diaryl/α,β-unsaturated/α-hetero) is 1. The van der Waals surface area contributed by atoms with E-state index < -0.39 is 0 Å². The first-order valence-electron chi connectivity index (χ1n) is 6.53. The summed E-state index contributed by atoms with van der Waals surface area (Å²) in [6.07, 6.45) is 4.49. The van der Waals surface area contributed by atoms with Gasteiger partial charge in [-0.25, -0.2) is 0 Å². The smallest absolute Gasteiger partial charge is 0.168 e. The lowest BCUT2D eigenvalue weighted by Crippen LogP contribution is -2.21. The molecule has 2 nitrogen and oxygen atoms in total. The van der Waals surface area contributed by atoms with Gasteiger partial charge in [0.25, 0.3) is 0 Å². The fourth-order valence-electron chi connectivity index (χ4n) is 3.02. The van der Waals surface area contributed by atoms with Crippen LogP contribution in [0, 0.1) is 5.92 Å². The second kappa shape index (κ2) is 4.26. The van der Waals surface area contributed by atoms with Crippen molar-refractivity contribution in [2.75, 3.05) is 6.61 Å². The lowest BCUT2D eigenvalue weighted by Gasteiger charge is -2.13. The van der Waals surface area contributed by atoms with Gasteiger partial charge >= 0.3 is 0 Å². The number of fused-ring (bicyclic) bond motifs is 1. The molecule has 1 fully saturated rings. The third-order valence-corrected chi connectivity index (χ3v) is 4.10. The highest BCUT2D eigenvalue weighted by Crippen LogP contribution is 2.28. The van der Waals surface area contributed by atoms with Crippen LogP contribution in [0.1, 0.15) is 41.3 Å². The van der Waals surface area contributed by atoms with Gasteiger partial charge < -0.3 is 4.74 Å². The van der Waals surface area contributed by atoms with Gasteiger partial charge in [-0.05, 0) is 49.8 Å². The molecule has 1 aliphatic carbocycles. The molecule has 2 aliphatic rings. The number of ketones is 1. The molecule has 90 valence electrons. The van der Waals surface area contributed by atoms with Gasteiger partial charge in [0.15, 0.2) is 5.78 Å². The Bertz CT molecular complexity index is 450. The SMILES string of the molecule is CC1OCCC1C(=O)c1ccc2c(c1)CCC2. The molecule has 2 atom stereocenters. The Hall–Kier alpha value is -1.15. The van der Waals surface area contributed by atoms with Crippen molar-refractivity contribution in [3.8, 4) is 0 Å². The largest absolute Gasteiger partial charge is 0.378 e. The molecule has 0 amide bonds. The number of carbonyl (C=O) groups is 1. The van der Waals surface area contributed by atoms with Gasteiger partial charge in [0.1, 0.15) is 0 Å². The number of hydrogen-bond donors (Lipinski definition) is 0. The Morgan fingerprint density at radius 1 is 1.29 bits per heavy atom. The molecule has 1 aromatic carbocycles. The summed E-state index contributed by atoms with van der Waals surface area (Å²) < 4.78 is 5.48. The molecule has 0 saturated carbocycles. The molecule has 1 saturated heterocycles. The summed E-state index contributed by atoms with van der Waals surface area (Å²) in [7, 11) is 0. The van der Waals surface area contributed by atoms with Crippen LogP contribution in [-0.2, 0) is 17.6 Å². The molecule has 0 N–H and O–H groups in total. The summed E-state index contributed by atoms with van der Waals surface area (Å²) in [6, 6.07) is 6.24. The molecule has 2 unspecified atom stereocenters. The topological polar surface area (TPSA) is 26.3 Å². The molecule has 0 radical (unpaired) electrons. The van der Waals surface area contributed by atoms with E-state index in [1.54, 1.807) is 0 Å². The van der Waals surface area contributed by atoms with Crippen LogP contribution in [0.4, 0.5) is 0 Å². The first-order valence-corrected chi connectivity index (χ1v) is 6.53. The molecule has 17 heavy (non-hydrogen) atoms. The van der Waals surface area contributed by atoms with Gasteiger partial charge in [0.05, 0.1) is 12.0 Å². The third-order valence-electron chi connectivity index (χ3n) is 4.10. The Balaban J connectivity index is 1.86. The lowest BCUT2D eigenvalue weighted by molar-refractivity contribution is 0.0764. The van der Waals surface area contributed by atoms with Gasteiger partial charge in [-0.3, -0.25) is 4.79 Å². The van der Waals surface area contributed by atoms with E-state index in [0.717, 1.165) is 25.0 Å². The van der Waals surface area contributed by atoms with Crippen LogP contribution in [0.25, 0.3) is 0 Å². The normalized spacial score (nSPS) is 27.1. The van der Waals surface area contributed by atoms with E-state index in [-0.39, 0.29) is 17.8 Å². The van der Waals surface area contributed by atoms with E-state index in [1.165, 1.54) is 24.0 Å². The molecule has 1 aromatic rings. The molecule has 0 spiro atoms. The van der Waals surface area contributed by atoms with Crippen molar-refractivity contribution >= 4 is 5.78 Å². The van der Waals surface area contributed by atoms with Crippen molar-refractivity contribution < 1.29 is 9.53 Å². The number of rotatable bonds is 2. The molecule has 0 aromatic heterocycles. The Kier molecular flexibility index (Phi) is 2.75. The van der Waals surface area contributed by atoms with E-state index in [4.69, 9.17) is 4.74 Å². The molecule has 1 aliphatic heterocycles. The van der Waals surface area contributed by atoms with Crippen LogP contribution in [0.2, 0.25) is 0 Å². The second-order valence-electron chi connectivity index (χ2n) is 5.17. The van der Waals surface area contributed by atoms with Crippen molar-refractivity contribution in [2.45, 2.75) is 38.7 Å². The van der Waals surface area contributed by atoms with Gasteiger partial charge in [-0.2, -0.15) is 0 Å². The van der Waals surface area contributed by atoms with Crippen molar-refractivity contribution in [1.82, 2.24) is 0 Å². The number of ether oxygens (including phenoxy) is 1. The van der Waals surface area contributed by atoms with Gasteiger partial charge in [-0.15, -0.1) is 0 Å². The highest BCUT2D eigenvalue weighted by atomic mass is 16.5. The molecule has 1 heterocycles. The van der Waals surface area contributed by atoms with Crippen LogP contribution in [-0.4, -0.2) is 18.5 Å². The van der Waals surface area contributed by atoms with Gasteiger partial charge in [0, 0.05) is 12.2 Å². The average Bonchev–Trinajstić information content (AvgIpc) is 2.95. The van der Waals surface area contributed by atoms with Crippen LogP contribution in [0.5, 0.6) is 0 Å². The maximum Gasteiger partial charge on any atom is 0.168 e. The zero-order valence-corrected chi connectivity index (χ0v) is 10.2. The standard InChI is InChI=1S/C15H18O2/c1-10-14(7-8-17-10)15(16)13-6-5-11-3-2-4-12(11)9-13/h5-6,9-10,14H,2-4,7-8H2,1H3. The maximum absolute atomic E-state index is 12.4.